The van der Waals surface area contributed by atoms with Crippen molar-refractivity contribution in [3.05, 3.63) is 54.4 Å². The lowest BCUT2D eigenvalue weighted by atomic mass is 9.96. The number of ether oxygens (including phenoxy) is 2. The number of imidazole rings is 1. The zero-order valence-electron chi connectivity index (χ0n) is 22.5. The number of benzene rings is 2. The predicted molar refractivity (Wildman–Crippen MR) is 147 cm³/mol. The Balaban J connectivity index is 1.31. The molecule has 0 bridgehead atoms. The number of nitrogens with one attached hydrogen (secondary N) is 2. The van der Waals surface area contributed by atoms with E-state index in [1.54, 1.807) is 13.2 Å². The summed E-state index contributed by atoms with van der Waals surface area (Å²) >= 11 is 0. The number of rotatable bonds is 12. The highest BCUT2D eigenvalue weighted by atomic mass is 19.3. The fourth-order valence-corrected chi connectivity index (χ4v) is 5.01. The van der Waals surface area contributed by atoms with E-state index in [4.69, 9.17) is 15.5 Å². The van der Waals surface area contributed by atoms with Crippen LogP contribution in [-0.2, 0) is 16.1 Å². The Bertz CT molecular complexity index is 1290. The normalized spacial score (nSPS) is 16.2. The van der Waals surface area contributed by atoms with Gasteiger partial charge in [0.05, 0.1) is 16.7 Å². The van der Waals surface area contributed by atoms with Gasteiger partial charge >= 0.3 is 12.6 Å². The summed E-state index contributed by atoms with van der Waals surface area (Å²) in [7, 11) is 1.69. The van der Waals surface area contributed by atoms with Gasteiger partial charge < -0.3 is 35.3 Å². The quantitative estimate of drug-likeness (QED) is 0.290. The largest absolute Gasteiger partial charge is 0.433 e. The molecule has 4 rings (SSSR count). The molecule has 1 fully saturated rings. The number of hydrogen-bond donors (Lipinski definition) is 3. The Kier molecular flexibility index (Phi) is 10.3. The third kappa shape index (κ3) is 7.66. The summed E-state index contributed by atoms with van der Waals surface area (Å²) in [5, 5.41) is 5.06. The van der Waals surface area contributed by atoms with Crippen LogP contribution in [0.5, 0.6) is 5.75 Å². The molecule has 2 aromatic carbocycles. The van der Waals surface area contributed by atoms with Gasteiger partial charge in [-0.15, -0.1) is 0 Å². The molecule has 2 atom stereocenters. The fourth-order valence-electron chi connectivity index (χ4n) is 5.01. The molecule has 0 spiro atoms. The first-order valence-electron chi connectivity index (χ1n) is 13.4. The number of piperidine rings is 1. The van der Waals surface area contributed by atoms with Crippen molar-refractivity contribution in [1.29, 1.82) is 0 Å². The number of nitrogens with two attached hydrogens (primary N) is 1. The lowest BCUT2D eigenvalue weighted by molar-refractivity contribution is -0.132. The molecule has 216 valence electrons. The first-order chi connectivity index (χ1) is 19.4. The molecule has 40 heavy (non-hydrogen) atoms. The van der Waals surface area contributed by atoms with Gasteiger partial charge in [0.2, 0.25) is 5.91 Å². The summed E-state index contributed by atoms with van der Waals surface area (Å²) in [6.45, 7) is -0.363. The number of halogens is 2. The molecule has 0 aliphatic carbocycles. The van der Waals surface area contributed by atoms with E-state index in [9.17, 15) is 18.4 Å². The molecule has 1 aliphatic rings. The minimum Gasteiger partial charge on any atom is -0.433 e. The number of para-hydroxylation sites is 4. The van der Waals surface area contributed by atoms with Crippen molar-refractivity contribution in [2.24, 2.45) is 5.73 Å². The maximum Gasteiger partial charge on any atom is 0.387 e. The van der Waals surface area contributed by atoms with Crippen LogP contribution >= 0.6 is 0 Å². The summed E-state index contributed by atoms with van der Waals surface area (Å²) in [6, 6.07) is 12.7. The van der Waals surface area contributed by atoms with Crippen LogP contribution in [0.15, 0.2) is 48.5 Å². The van der Waals surface area contributed by atoms with Gasteiger partial charge in [-0.2, -0.15) is 8.78 Å². The van der Waals surface area contributed by atoms with E-state index in [2.05, 4.69) is 26.0 Å². The SMILES string of the molecule is COCCCn1c([C@@H]2CCCN(C(=O)C[C@@H](N)CNC(=O)Nc3ccccc3OC(F)F)C2)nc2ccccc21. The average Bonchev–Trinajstić information content (AvgIpc) is 3.31. The summed E-state index contributed by atoms with van der Waals surface area (Å²) in [5.41, 5.74) is 8.27. The van der Waals surface area contributed by atoms with Crippen molar-refractivity contribution in [2.45, 2.75) is 50.8 Å². The molecule has 12 heteroatoms. The second kappa shape index (κ2) is 14.0. The molecule has 0 saturated carbocycles. The summed E-state index contributed by atoms with van der Waals surface area (Å²) < 4.78 is 37.1. The van der Waals surface area contributed by atoms with Gasteiger partial charge in [0.15, 0.2) is 0 Å². The molecule has 0 unspecified atom stereocenters. The summed E-state index contributed by atoms with van der Waals surface area (Å²) in [6.07, 6.45) is 2.71. The topological polar surface area (TPSA) is 124 Å². The average molecular weight is 559 g/mol. The van der Waals surface area contributed by atoms with E-state index >= 15 is 0 Å². The fraction of sp³-hybridized carbons (Fsp3) is 0.464. The van der Waals surface area contributed by atoms with Gasteiger partial charge in [-0.3, -0.25) is 4.79 Å². The van der Waals surface area contributed by atoms with Crippen LogP contribution in [-0.4, -0.2) is 72.4 Å². The molecule has 1 aliphatic heterocycles. The van der Waals surface area contributed by atoms with Gasteiger partial charge in [0.1, 0.15) is 11.6 Å². The van der Waals surface area contributed by atoms with E-state index < -0.39 is 18.7 Å². The van der Waals surface area contributed by atoms with Gasteiger partial charge in [-0.25, -0.2) is 9.78 Å². The number of amides is 3. The molecule has 10 nitrogen and oxygen atoms in total. The Labute approximate surface area is 231 Å². The number of hydrogen-bond acceptors (Lipinski definition) is 6. The standard InChI is InChI=1S/C28H36F2N6O4/c1-39-15-7-14-36-23-11-4-2-9-21(23)33-26(36)19-8-6-13-35(18-19)25(37)16-20(31)17-32-28(38)34-22-10-3-5-12-24(22)40-27(29)30/h2-5,9-12,19-20,27H,6-8,13-18,31H2,1H3,(H2,32,34,38)/t19-,20-/m1/s1. The number of nitrogens with zero attached hydrogens (tertiary/aromatic N) is 3. The van der Waals surface area contributed by atoms with E-state index in [-0.39, 0.29) is 36.2 Å². The number of anilines is 1. The third-order valence-corrected chi connectivity index (χ3v) is 6.87. The molecule has 3 amide bonds. The van der Waals surface area contributed by atoms with E-state index in [0.29, 0.717) is 19.7 Å². The highest BCUT2D eigenvalue weighted by Gasteiger charge is 2.29. The minimum atomic E-state index is -3.02. The molecular formula is C28H36F2N6O4. The maximum absolute atomic E-state index is 13.1. The second-order valence-electron chi connectivity index (χ2n) is 9.81. The maximum atomic E-state index is 13.1. The third-order valence-electron chi connectivity index (χ3n) is 6.87. The Morgan fingerprint density at radius 2 is 1.95 bits per heavy atom. The molecule has 0 radical (unpaired) electrons. The van der Waals surface area contributed by atoms with Crippen molar-refractivity contribution in [2.75, 3.05) is 38.7 Å². The van der Waals surface area contributed by atoms with Crippen LogP contribution in [0.25, 0.3) is 11.0 Å². The van der Waals surface area contributed by atoms with Crippen molar-refractivity contribution < 1.29 is 27.8 Å². The predicted octanol–water partition coefficient (Wildman–Crippen LogP) is 3.92. The number of aryl methyl sites for hydroxylation is 1. The highest BCUT2D eigenvalue weighted by Crippen LogP contribution is 2.30. The van der Waals surface area contributed by atoms with Gasteiger partial charge in [-0.05, 0) is 43.5 Å². The van der Waals surface area contributed by atoms with Gasteiger partial charge in [-0.1, -0.05) is 24.3 Å². The number of urea groups is 1. The van der Waals surface area contributed by atoms with Crippen LogP contribution in [0.2, 0.25) is 0 Å². The molecule has 1 aromatic heterocycles. The van der Waals surface area contributed by atoms with Crippen molar-refractivity contribution in [3.63, 3.8) is 0 Å². The minimum absolute atomic E-state index is 0.0298. The second-order valence-corrected chi connectivity index (χ2v) is 9.81. The summed E-state index contributed by atoms with van der Waals surface area (Å²) in [4.78, 5) is 32.2. The van der Waals surface area contributed by atoms with E-state index in [1.807, 2.05) is 23.1 Å². The van der Waals surface area contributed by atoms with E-state index in [0.717, 1.165) is 42.7 Å². The number of carbonyl (C=O) groups excluding carboxylic acids is 2. The number of fused-ring (bicyclic) bond motifs is 1. The number of aromatic nitrogens is 2. The number of methoxy groups -OCH3 is 1. The van der Waals surface area contributed by atoms with Crippen LogP contribution < -0.4 is 21.1 Å². The van der Waals surface area contributed by atoms with Crippen molar-refractivity contribution >= 4 is 28.7 Å². The number of alkyl halides is 2. The lowest BCUT2D eigenvalue weighted by Crippen LogP contribution is -2.45. The first kappa shape index (κ1) is 29.2. The van der Waals surface area contributed by atoms with Crippen molar-refractivity contribution in [1.82, 2.24) is 19.8 Å². The zero-order valence-corrected chi connectivity index (χ0v) is 22.5. The van der Waals surface area contributed by atoms with Crippen LogP contribution in [0.3, 0.4) is 0 Å². The molecule has 4 N–H and O–H groups in total. The highest BCUT2D eigenvalue weighted by molar-refractivity contribution is 5.91. The van der Waals surface area contributed by atoms with E-state index in [1.165, 1.54) is 18.2 Å². The number of likely N-dealkylation sites (tertiary alicyclic amines) is 1. The monoisotopic (exact) mass is 558 g/mol. The van der Waals surface area contributed by atoms with Crippen molar-refractivity contribution in [3.8, 4) is 5.75 Å². The Morgan fingerprint density at radius 1 is 1.18 bits per heavy atom. The summed E-state index contributed by atoms with van der Waals surface area (Å²) in [5.74, 6) is 0.841. The number of carbonyl (C=O) groups is 2. The van der Waals surface area contributed by atoms with Gasteiger partial charge in [0, 0.05) is 58.3 Å². The smallest absolute Gasteiger partial charge is 0.387 e. The molecule has 3 aromatic rings. The van der Waals surface area contributed by atoms with Crippen LogP contribution in [0.4, 0.5) is 19.3 Å². The molecule has 1 saturated heterocycles. The van der Waals surface area contributed by atoms with Crippen LogP contribution in [0.1, 0.15) is 37.4 Å². The zero-order chi connectivity index (χ0) is 28.5. The lowest BCUT2D eigenvalue weighted by Gasteiger charge is -2.33. The first-order valence-corrected chi connectivity index (χ1v) is 13.4. The Morgan fingerprint density at radius 3 is 2.75 bits per heavy atom. The Hall–Kier alpha value is -3.77. The van der Waals surface area contributed by atoms with Crippen LogP contribution in [0, 0.1) is 0 Å². The molecular weight excluding hydrogens is 522 g/mol. The van der Waals surface area contributed by atoms with Gasteiger partial charge in [0.25, 0.3) is 0 Å². The molecule has 2 heterocycles.